The molecular formula is C15H32N2O. The summed E-state index contributed by atoms with van der Waals surface area (Å²) in [7, 11) is 0. The molecular weight excluding hydrogens is 224 g/mol. The molecule has 2 atom stereocenters. The van der Waals surface area contributed by atoms with Crippen LogP contribution in [0, 0.1) is 11.8 Å². The van der Waals surface area contributed by atoms with Crippen molar-refractivity contribution >= 4 is 0 Å². The van der Waals surface area contributed by atoms with Crippen molar-refractivity contribution in [2.45, 2.75) is 77.9 Å². The lowest BCUT2D eigenvalue weighted by atomic mass is 9.81. The largest absolute Gasteiger partial charge is 0.377 e. The van der Waals surface area contributed by atoms with E-state index < -0.39 is 0 Å². The molecule has 0 aliphatic heterocycles. The van der Waals surface area contributed by atoms with E-state index in [1.807, 2.05) is 0 Å². The molecule has 18 heavy (non-hydrogen) atoms. The number of ether oxygens (including phenoxy) is 1. The van der Waals surface area contributed by atoms with E-state index in [2.05, 4.69) is 26.2 Å². The van der Waals surface area contributed by atoms with Crippen LogP contribution < -0.4 is 11.3 Å². The van der Waals surface area contributed by atoms with Crippen molar-refractivity contribution in [1.82, 2.24) is 5.43 Å². The van der Waals surface area contributed by atoms with Gasteiger partial charge in [-0.2, -0.15) is 0 Å². The molecule has 0 heterocycles. The quantitative estimate of drug-likeness (QED) is 0.518. The Labute approximate surface area is 113 Å². The molecule has 1 rings (SSSR count). The Hall–Kier alpha value is -0.120. The fourth-order valence-electron chi connectivity index (χ4n) is 3.09. The predicted octanol–water partition coefficient (Wildman–Crippen LogP) is 3.24. The number of hydrogen-bond acceptors (Lipinski definition) is 3. The van der Waals surface area contributed by atoms with Gasteiger partial charge >= 0.3 is 0 Å². The lowest BCUT2D eigenvalue weighted by Crippen LogP contribution is -2.49. The van der Waals surface area contributed by atoms with Gasteiger partial charge in [-0.15, -0.1) is 0 Å². The Morgan fingerprint density at radius 3 is 2.33 bits per heavy atom. The number of nitrogens with one attached hydrogen (secondary N) is 1. The molecule has 0 aromatic heterocycles. The van der Waals surface area contributed by atoms with Gasteiger partial charge in [0.25, 0.3) is 0 Å². The van der Waals surface area contributed by atoms with Crippen LogP contribution in [-0.2, 0) is 4.74 Å². The molecule has 3 heteroatoms. The summed E-state index contributed by atoms with van der Waals surface area (Å²) < 4.78 is 6.02. The van der Waals surface area contributed by atoms with Crippen LogP contribution in [0.2, 0.25) is 0 Å². The van der Waals surface area contributed by atoms with Gasteiger partial charge < -0.3 is 4.74 Å². The van der Waals surface area contributed by atoms with E-state index in [0.717, 1.165) is 18.9 Å². The van der Waals surface area contributed by atoms with Crippen molar-refractivity contribution in [3.05, 3.63) is 0 Å². The molecule has 1 saturated carbocycles. The van der Waals surface area contributed by atoms with Gasteiger partial charge in [0.05, 0.1) is 6.10 Å². The van der Waals surface area contributed by atoms with E-state index >= 15 is 0 Å². The summed E-state index contributed by atoms with van der Waals surface area (Å²) in [5.41, 5.74) is 3.01. The van der Waals surface area contributed by atoms with Crippen LogP contribution in [0.25, 0.3) is 0 Å². The van der Waals surface area contributed by atoms with E-state index in [1.165, 1.54) is 38.5 Å². The molecule has 1 fully saturated rings. The molecule has 3 N–H and O–H groups in total. The summed E-state index contributed by atoms with van der Waals surface area (Å²) in [5.74, 6) is 7.20. The molecule has 0 radical (unpaired) electrons. The molecule has 2 unspecified atom stereocenters. The van der Waals surface area contributed by atoms with E-state index in [9.17, 15) is 0 Å². The van der Waals surface area contributed by atoms with Gasteiger partial charge in [-0.05, 0) is 44.4 Å². The van der Waals surface area contributed by atoms with Crippen LogP contribution >= 0.6 is 0 Å². The van der Waals surface area contributed by atoms with E-state index in [-0.39, 0.29) is 0 Å². The minimum Gasteiger partial charge on any atom is -0.377 e. The molecule has 1 aliphatic carbocycles. The van der Waals surface area contributed by atoms with E-state index in [1.54, 1.807) is 0 Å². The average Bonchev–Trinajstić information content (AvgIpc) is 2.39. The van der Waals surface area contributed by atoms with Gasteiger partial charge in [-0.25, -0.2) is 0 Å². The molecule has 0 amide bonds. The van der Waals surface area contributed by atoms with Crippen molar-refractivity contribution in [3.63, 3.8) is 0 Å². The summed E-state index contributed by atoms with van der Waals surface area (Å²) in [6, 6.07) is 0.315. The molecule has 0 aromatic carbocycles. The smallest absolute Gasteiger partial charge is 0.0769 e. The van der Waals surface area contributed by atoms with Crippen LogP contribution in [0.5, 0.6) is 0 Å². The monoisotopic (exact) mass is 256 g/mol. The summed E-state index contributed by atoms with van der Waals surface area (Å²) in [5, 5.41) is 0. The minimum atomic E-state index is 0.305. The first-order valence-electron chi connectivity index (χ1n) is 7.76. The Morgan fingerprint density at radius 2 is 1.83 bits per heavy atom. The second-order valence-electron chi connectivity index (χ2n) is 6.06. The highest BCUT2D eigenvalue weighted by atomic mass is 16.5. The zero-order valence-corrected chi connectivity index (χ0v) is 12.5. The average molecular weight is 256 g/mol. The van der Waals surface area contributed by atoms with Crippen molar-refractivity contribution in [1.29, 1.82) is 0 Å². The SMILES string of the molecule is CCOC(C1CCCCC1)C(CCC(C)C)NN. The van der Waals surface area contributed by atoms with E-state index in [0.29, 0.717) is 18.1 Å². The zero-order chi connectivity index (χ0) is 13.4. The maximum Gasteiger partial charge on any atom is 0.0769 e. The molecule has 0 aromatic rings. The van der Waals surface area contributed by atoms with Gasteiger partial charge in [0.1, 0.15) is 0 Å². The lowest BCUT2D eigenvalue weighted by molar-refractivity contribution is -0.0203. The first kappa shape index (κ1) is 15.9. The van der Waals surface area contributed by atoms with Crippen LogP contribution in [0.4, 0.5) is 0 Å². The third-order valence-corrected chi connectivity index (χ3v) is 4.14. The summed E-state index contributed by atoms with van der Waals surface area (Å²) in [4.78, 5) is 0. The first-order chi connectivity index (χ1) is 8.69. The molecule has 108 valence electrons. The van der Waals surface area contributed by atoms with E-state index in [4.69, 9.17) is 10.6 Å². The third kappa shape index (κ3) is 5.25. The maximum absolute atomic E-state index is 6.02. The number of hydrazine groups is 1. The van der Waals surface area contributed by atoms with Gasteiger partial charge in [-0.3, -0.25) is 11.3 Å². The van der Waals surface area contributed by atoms with Crippen LogP contribution in [-0.4, -0.2) is 18.8 Å². The first-order valence-corrected chi connectivity index (χ1v) is 7.76. The topological polar surface area (TPSA) is 47.3 Å². The van der Waals surface area contributed by atoms with Crippen LogP contribution in [0.15, 0.2) is 0 Å². The second-order valence-corrected chi connectivity index (χ2v) is 6.06. The van der Waals surface area contributed by atoms with Gasteiger partial charge in [0.2, 0.25) is 0 Å². The predicted molar refractivity (Wildman–Crippen MR) is 77.2 cm³/mol. The Morgan fingerprint density at radius 1 is 1.17 bits per heavy atom. The summed E-state index contributed by atoms with van der Waals surface area (Å²) >= 11 is 0. The molecule has 0 bridgehead atoms. The fourth-order valence-corrected chi connectivity index (χ4v) is 3.09. The Kier molecular flexibility index (Phi) is 7.87. The summed E-state index contributed by atoms with van der Waals surface area (Å²) in [6.07, 6.45) is 9.36. The lowest BCUT2D eigenvalue weighted by Gasteiger charge is -2.35. The zero-order valence-electron chi connectivity index (χ0n) is 12.5. The molecule has 0 spiro atoms. The van der Waals surface area contributed by atoms with Crippen LogP contribution in [0.1, 0.15) is 65.7 Å². The highest BCUT2D eigenvalue weighted by Crippen LogP contribution is 2.30. The standard InChI is InChI=1S/C15H32N2O/c1-4-18-15(13-8-6-5-7-9-13)14(17-16)11-10-12(2)3/h12-15,17H,4-11,16H2,1-3H3. The molecule has 0 saturated heterocycles. The van der Waals surface area contributed by atoms with Crippen LogP contribution in [0.3, 0.4) is 0 Å². The fraction of sp³-hybridized carbons (Fsp3) is 1.00. The number of rotatable bonds is 8. The van der Waals surface area contributed by atoms with Gasteiger partial charge in [-0.1, -0.05) is 33.1 Å². The van der Waals surface area contributed by atoms with Crippen molar-refractivity contribution in [3.8, 4) is 0 Å². The van der Waals surface area contributed by atoms with Gasteiger partial charge in [0, 0.05) is 12.6 Å². The third-order valence-electron chi connectivity index (χ3n) is 4.14. The number of hydrogen-bond donors (Lipinski definition) is 2. The molecule has 1 aliphatic rings. The molecule has 3 nitrogen and oxygen atoms in total. The summed E-state index contributed by atoms with van der Waals surface area (Å²) in [6.45, 7) is 7.42. The maximum atomic E-state index is 6.02. The highest BCUT2D eigenvalue weighted by Gasteiger charge is 2.30. The Balaban J connectivity index is 2.54. The highest BCUT2D eigenvalue weighted by molar-refractivity contribution is 4.84. The van der Waals surface area contributed by atoms with Crippen molar-refractivity contribution in [2.75, 3.05) is 6.61 Å². The van der Waals surface area contributed by atoms with Gasteiger partial charge in [0.15, 0.2) is 0 Å². The second kappa shape index (κ2) is 8.89. The van der Waals surface area contributed by atoms with Crippen molar-refractivity contribution < 1.29 is 4.74 Å². The van der Waals surface area contributed by atoms with Crippen molar-refractivity contribution in [2.24, 2.45) is 17.7 Å². The normalized spacial score (nSPS) is 21.2. The Bertz CT molecular complexity index is 203. The number of nitrogens with two attached hydrogens (primary N) is 1. The minimum absolute atomic E-state index is 0.305.